The van der Waals surface area contributed by atoms with E-state index in [9.17, 15) is 0 Å². The first kappa shape index (κ1) is 20.1. The third-order valence-corrected chi connectivity index (χ3v) is 3.35. The molecule has 0 aliphatic carbocycles. The fourth-order valence-corrected chi connectivity index (χ4v) is 2.23. The van der Waals surface area contributed by atoms with Gasteiger partial charge < -0.3 is 0 Å². The molecule has 2 rings (SSSR count). The molecule has 0 amide bonds. The van der Waals surface area contributed by atoms with E-state index in [4.69, 9.17) is 19.1 Å². The Morgan fingerprint density at radius 1 is 0.696 bits per heavy atom. The Hall–Kier alpha value is -0.978. The van der Waals surface area contributed by atoms with E-state index in [-0.39, 0.29) is 15.9 Å². The molecule has 2 aromatic carbocycles. The minimum absolute atomic E-state index is 0.106. The van der Waals surface area contributed by atoms with Crippen LogP contribution in [0.1, 0.15) is 22.3 Å². The zero-order chi connectivity index (χ0) is 17.2. The molecule has 5 heteroatoms. The second-order valence-corrected chi connectivity index (χ2v) is 7.44. The predicted molar refractivity (Wildman–Crippen MR) is 99.8 cm³/mol. The molecule has 0 N–H and O–H groups in total. The molecule has 0 atom stereocenters. The summed E-state index contributed by atoms with van der Waals surface area (Å²) in [7, 11) is 9.63. The number of halogens is 2. The van der Waals surface area contributed by atoms with Gasteiger partial charge >= 0.3 is 35.0 Å². The molecule has 0 spiro atoms. The predicted octanol–water partition coefficient (Wildman–Crippen LogP) is 6.40. The Morgan fingerprint density at radius 3 is 1.22 bits per heavy atom. The average Bonchev–Trinajstić information content (AvgIpc) is 2.49. The fraction of sp³-hybridized carbons (Fsp3) is 0.222. The number of para-hydroxylation sites is 2. The van der Waals surface area contributed by atoms with Crippen molar-refractivity contribution < 1.29 is 15.9 Å². The van der Waals surface area contributed by atoms with Crippen LogP contribution in [0.25, 0.3) is 0 Å². The quantitative estimate of drug-likeness (QED) is 0.389. The summed E-state index contributed by atoms with van der Waals surface area (Å²) >= 11 is -0.106. The van der Waals surface area contributed by atoms with Crippen molar-refractivity contribution in [2.24, 2.45) is 9.98 Å². The average molecular weight is 442 g/mol. The SMILES string of the molecule is Cc1cccc(C)c1N=CC=Nc1c(C)cccc1C.[Cl][Pd][Cl]. The van der Waals surface area contributed by atoms with Gasteiger partial charge in [-0.25, -0.2) is 0 Å². The number of nitrogens with zero attached hydrogens (tertiary/aromatic N) is 2. The van der Waals surface area contributed by atoms with Gasteiger partial charge in [0.05, 0.1) is 11.4 Å². The van der Waals surface area contributed by atoms with Gasteiger partial charge in [0.25, 0.3) is 0 Å². The molecule has 126 valence electrons. The molecule has 0 fully saturated rings. The fourth-order valence-electron chi connectivity index (χ4n) is 2.23. The van der Waals surface area contributed by atoms with Crippen molar-refractivity contribution in [3.8, 4) is 0 Å². The molecule has 0 unspecified atom stereocenters. The Morgan fingerprint density at radius 2 is 0.957 bits per heavy atom. The van der Waals surface area contributed by atoms with E-state index in [2.05, 4.69) is 74.1 Å². The number of hydrogen-bond acceptors (Lipinski definition) is 2. The molecule has 0 aromatic heterocycles. The molecule has 0 aliphatic rings. The van der Waals surface area contributed by atoms with Crippen LogP contribution in [0.4, 0.5) is 11.4 Å². The monoisotopic (exact) mass is 440 g/mol. The minimum atomic E-state index is -0.106. The summed E-state index contributed by atoms with van der Waals surface area (Å²) in [5.74, 6) is 0. The van der Waals surface area contributed by atoms with Gasteiger partial charge in [0.1, 0.15) is 0 Å². The molecule has 0 heterocycles. The van der Waals surface area contributed by atoms with Crippen molar-refractivity contribution in [1.82, 2.24) is 0 Å². The van der Waals surface area contributed by atoms with Gasteiger partial charge in [-0.05, 0) is 49.9 Å². The van der Waals surface area contributed by atoms with Gasteiger partial charge in [-0.1, -0.05) is 36.4 Å². The number of aryl methyl sites for hydroxylation is 4. The Balaban J connectivity index is 0.000000816. The van der Waals surface area contributed by atoms with E-state index >= 15 is 0 Å². The van der Waals surface area contributed by atoms with Crippen LogP contribution in [0.3, 0.4) is 0 Å². The van der Waals surface area contributed by atoms with E-state index in [1.165, 1.54) is 22.3 Å². The third-order valence-electron chi connectivity index (χ3n) is 3.35. The molecule has 23 heavy (non-hydrogen) atoms. The van der Waals surface area contributed by atoms with E-state index in [0.29, 0.717) is 0 Å². The first-order valence-corrected chi connectivity index (χ1v) is 11.0. The summed E-state index contributed by atoms with van der Waals surface area (Å²) in [6.07, 6.45) is 3.53. The number of rotatable bonds is 3. The number of aliphatic imine (C=N–C) groups is 2. The summed E-state index contributed by atoms with van der Waals surface area (Å²) in [5.41, 5.74) is 6.79. The topological polar surface area (TPSA) is 24.7 Å². The van der Waals surface area contributed by atoms with Gasteiger partial charge in [0, 0.05) is 12.4 Å². The van der Waals surface area contributed by atoms with Crippen LogP contribution in [0.15, 0.2) is 46.4 Å². The van der Waals surface area contributed by atoms with Crippen LogP contribution < -0.4 is 0 Å². The second kappa shape index (κ2) is 10.7. The maximum absolute atomic E-state index is 4.81. The Kier molecular flexibility index (Phi) is 9.36. The van der Waals surface area contributed by atoms with E-state index in [1.807, 2.05) is 0 Å². The van der Waals surface area contributed by atoms with Crippen molar-refractivity contribution >= 4 is 42.9 Å². The summed E-state index contributed by atoms with van der Waals surface area (Å²) in [4.78, 5) is 9.01. The van der Waals surface area contributed by atoms with Gasteiger partial charge in [-0.3, -0.25) is 9.98 Å². The van der Waals surface area contributed by atoms with Gasteiger partial charge in [0.2, 0.25) is 0 Å². The summed E-state index contributed by atoms with van der Waals surface area (Å²) < 4.78 is 0. The molecule has 0 radical (unpaired) electrons. The van der Waals surface area contributed by atoms with Crippen LogP contribution in [0, 0.1) is 27.7 Å². The number of benzene rings is 2. The van der Waals surface area contributed by atoms with Crippen LogP contribution in [-0.2, 0) is 15.9 Å². The van der Waals surface area contributed by atoms with E-state index in [0.717, 1.165) is 11.4 Å². The molecule has 0 bridgehead atoms. The molecule has 0 aliphatic heterocycles. The maximum atomic E-state index is 4.81. The summed E-state index contributed by atoms with van der Waals surface area (Å²) in [6, 6.07) is 12.4. The van der Waals surface area contributed by atoms with Crippen molar-refractivity contribution in [1.29, 1.82) is 0 Å². The Labute approximate surface area is 154 Å². The van der Waals surface area contributed by atoms with Gasteiger partial charge in [-0.2, -0.15) is 0 Å². The zero-order valence-electron chi connectivity index (χ0n) is 13.6. The third kappa shape index (κ3) is 6.57. The summed E-state index contributed by atoms with van der Waals surface area (Å²) in [6.45, 7) is 8.29. The standard InChI is InChI=1S/C18H20N2.2ClH.Pd/c1-13-7-5-8-14(2)17(13)19-11-12-20-18-15(3)9-6-10-16(18)4;;;/h5-12H,1-4H3;2*1H;/q;;;+2/p-2. The van der Waals surface area contributed by atoms with Gasteiger partial charge in [-0.15, -0.1) is 0 Å². The summed E-state index contributed by atoms with van der Waals surface area (Å²) in [5, 5.41) is 0. The molecule has 2 nitrogen and oxygen atoms in total. The van der Waals surface area contributed by atoms with Crippen molar-refractivity contribution in [2.75, 3.05) is 0 Å². The second-order valence-electron chi connectivity index (χ2n) is 5.08. The van der Waals surface area contributed by atoms with E-state index < -0.39 is 0 Å². The van der Waals surface area contributed by atoms with Crippen molar-refractivity contribution in [3.05, 3.63) is 58.7 Å². The molecule has 0 saturated heterocycles. The van der Waals surface area contributed by atoms with Crippen LogP contribution in [-0.4, -0.2) is 12.4 Å². The molecular formula is C18H20Cl2N2Pd. The number of hydrogen-bond donors (Lipinski definition) is 0. The molecule has 2 aromatic rings. The van der Waals surface area contributed by atoms with Crippen LogP contribution in [0.2, 0.25) is 0 Å². The normalized spacial score (nSPS) is 11.0. The van der Waals surface area contributed by atoms with Crippen molar-refractivity contribution in [2.45, 2.75) is 27.7 Å². The Bertz CT molecular complexity index is 597. The van der Waals surface area contributed by atoms with Crippen LogP contribution in [0.5, 0.6) is 0 Å². The first-order chi connectivity index (χ1) is 11.0. The van der Waals surface area contributed by atoms with Crippen molar-refractivity contribution in [3.63, 3.8) is 0 Å². The van der Waals surface area contributed by atoms with E-state index in [1.54, 1.807) is 12.4 Å². The molecule has 0 saturated carbocycles. The van der Waals surface area contributed by atoms with Crippen LogP contribution >= 0.6 is 19.1 Å². The van der Waals surface area contributed by atoms with Gasteiger partial charge in [0.15, 0.2) is 0 Å². The zero-order valence-corrected chi connectivity index (χ0v) is 16.7. The first-order valence-electron chi connectivity index (χ1n) is 7.02. The molecular weight excluding hydrogens is 422 g/mol.